The highest BCUT2D eigenvalue weighted by atomic mass is 32.2. The first-order chi connectivity index (χ1) is 14.2. The molecule has 0 aromatic heterocycles. The van der Waals surface area contributed by atoms with E-state index in [0.717, 1.165) is 27.4 Å². The first-order valence-electron chi connectivity index (χ1n) is 9.37. The molecule has 1 aromatic carbocycles. The van der Waals surface area contributed by atoms with Gasteiger partial charge in [-0.25, -0.2) is 5.01 Å². The number of carbonyl (C=O) groups excluding carboxylic acids is 1. The van der Waals surface area contributed by atoms with Crippen molar-refractivity contribution in [2.24, 2.45) is 5.10 Å². The SMILES string of the molecule is CC1=CC(N2N=CCC2=O)(S(=O)(=O)O)C=CC1=CC=C1c2ccccc2C=CN1C. The fourth-order valence-corrected chi connectivity index (χ4v) is 4.65. The fraction of sp³-hybridized carbons (Fsp3) is 0.182. The monoisotopic (exact) mass is 423 g/mol. The van der Waals surface area contributed by atoms with Gasteiger partial charge in [0, 0.05) is 30.7 Å². The summed E-state index contributed by atoms with van der Waals surface area (Å²) in [7, 11) is -2.72. The van der Waals surface area contributed by atoms with Crippen LogP contribution in [-0.2, 0) is 14.9 Å². The van der Waals surface area contributed by atoms with Gasteiger partial charge in [-0.3, -0.25) is 9.35 Å². The van der Waals surface area contributed by atoms with Crippen LogP contribution in [0.1, 0.15) is 24.5 Å². The van der Waals surface area contributed by atoms with Gasteiger partial charge in [-0.2, -0.15) is 13.5 Å². The van der Waals surface area contributed by atoms with Gasteiger partial charge < -0.3 is 4.90 Å². The van der Waals surface area contributed by atoms with E-state index in [1.165, 1.54) is 18.4 Å². The zero-order valence-corrected chi connectivity index (χ0v) is 17.4. The molecule has 0 saturated heterocycles. The first kappa shape index (κ1) is 20.1. The third kappa shape index (κ3) is 3.24. The molecule has 1 aliphatic carbocycles. The number of hydrazone groups is 1. The average Bonchev–Trinajstić information content (AvgIpc) is 3.13. The smallest absolute Gasteiger partial charge is 0.299 e. The molecular formula is C22H21N3O4S. The number of rotatable bonds is 3. The minimum absolute atomic E-state index is 0.00788. The summed E-state index contributed by atoms with van der Waals surface area (Å²) in [4.78, 5) is 12.1. The van der Waals surface area contributed by atoms with Crippen LogP contribution in [0.5, 0.6) is 0 Å². The Morgan fingerprint density at radius 3 is 2.63 bits per heavy atom. The molecule has 0 spiro atoms. The number of allylic oxidation sites excluding steroid dienone is 5. The summed E-state index contributed by atoms with van der Waals surface area (Å²) >= 11 is 0. The summed E-state index contributed by atoms with van der Waals surface area (Å²) in [5, 5.41) is 4.68. The van der Waals surface area contributed by atoms with Gasteiger partial charge in [0.1, 0.15) is 0 Å². The molecule has 154 valence electrons. The highest BCUT2D eigenvalue weighted by Gasteiger charge is 2.49. The van der Waals surface area contributed by atoms with Crippen molar-refractivity contribution in [2.45, 2.75) is 18.2 Å². The van der Waals surface area contributed by atoms with Gasteiger partial charge in [0.05, 0.1) is 6.42 Å². The normalized spacial score (nSPS) is 26.0. The van der Waals surface area contributed by atoms with Crippen LogP contribution in [-0.4, -0.2) is 46.9 Å². The Bertz CT molecular complexity index is 1200. The van der Waals surface area contributed by atoms with Gasteiger partial charge in [-0.05, 0) is 47.9 Å². The predicted octanol–water partition coefficient (Wildman–Crippen LogP) is 3.19. The molecule has 1 atom stereocenters. The molecule has 0 radical (unpaired) electrons. The quantitative estimate of drug-likeness (QED) is 0.754. The third-order valence-electron chi connectivity index (χ3n) is 5.34. The van der Waals surface area contributed by atoms with Crippen LogP contribution in [0.3, 0.4) is 0 Å². The number of amides is 1. The van der Waals surface area contributed by atoms with Gasteiger partial charge in [0.25, 0.3) is 10.1 Å². The summed E-state index contributed by atoms with van der Waals surface area (Å²) in [5.41, 5.74) is 4.56. The minimum atomic E-state index is -4.68. The summed E-state index contributed by atoms with van der Waals surface area (Å²) < 4.78 is 34.4. The largest absolute Gasteiger partial charge is 0.351 e. The molecule has 2 heterocycles. The Morgan fingerprint density at radius 1 is 1.20 bits per heavy atom. The molecular weight excluding hydrogens is 402 g/mol. The van der Waals surface area contributed by atoms with Crippen molar-refractivity contribution in [2.75, 3.05) is 7.05 Å². The highest BCUT2D eigenvalue weighted by molar-refractivity contribution is 7.87. The molecule has 0 bridgehead atoms. The van der Waals surface area contributed by atoms with Crippen molar-refractivity contribution >= 4 is 34.0 Å². The van der Waals surface area contributed by atoms with E-state index in [2.05, 4.69) is 5.10 Å². The summed E-state index contributed by atoms with van der Waals surface area (Å²) in [6.45, 7) is 1.73. The summed E-state index contributed by atoms with van der Waals surface area (Å²) in [5.74, 6) is -0.497. The molecule has 30 heavy (non-hydrogen) atoms. The number of fused-ring (bicyclic) bond motifs is 1. The van der Waals surface area contributed by atoms with Crippen LogP contribution in [0.2, 0.25) is 0 Å². The van der Waals surface area contributed by atoms with Gasteiger partial charge in [-0.15, -0.1) is 0 Å². The zero-order chi connectivity index (χ0) is 21.5. The van der Waals surface area contributed by atoms with Crippen molar-refractivity contribution < 1.29 is 17.8 Å². The Labute approximate surface area is 175 Å². The van der Waals surface area contributed by atoms with E-state index < -0.39 is 20.9 Å². The third-order valence-corrected chi connectivity index (χ3v) is 6.59. The highest BCUT2D eigenvalue weighted by Crippen LogP contribution is 2.36. The Kier molecular flexibility index (Phi) is 4.83. The van der Waals surface area contributed by atoms with Crippen molar-refractivity contribution in [3.8, 4) is 0 Å². The van der Waals surface area contributed by atoms with Gasteiger partial charge in [0.15, 0.2) is 0 Å². The van der Waals surface area contributed by atoms with Crippen LogP contribution in [0.15, 0.2) is 77.1 Å². The molecule has 1 amide bonds. The predicted molar refractivity (Wildman–Crippen MR) is 116 cm³/mol. The van der Waals surface area contributed by atoms with Gasteiger partial charge >= 0.3 is 0 Å². The second-order valence-electron chi connectivity index (χ2n) is 7.28. The lowest BCUT2D eigenvalue weighted by Gasteiger charge is -2.33. The summed E-state index contributed by atoms with van der Waals surface area (Å²) in [6.07, 6.45) is 13.4. The number of benzene rings is 1. The van der Waals surface area contributed by atoms with Crippen molar-refractivity contribution in [1.29, 1.82) is 0 Å². The summed E-state index contributed by atoms with van der Waals surface area (Å²) in [6, 6.07) is 8.05. The van der Waals surface area contributed by atoms with Crippen molar-refractivity contribution in [3.63, 3.8) is 0 Å². The minimum Gasteiger partial charge on any atom is -0.351 e. The molecule has 1 unspecified atom stereocenters. The van der Waals surface area contributed by atoms with Crippen LogP contribution in [0.25, 0.3) is 11.8 Å². The Balaban J connectivity index is 1.74. The maximum absolute atomic E-state index is 12.2. The number of hydrogen-bond donors (Lipinski definition) is 1. The Morgan fingerprint density at radius 2 is 1.97 bits per heavy atom. The van der Waals surface area contributed by atoms with E-state index in [9.17, 15) is 17.8 Å². The number of nitrogens with zero attached hydrogens (tertiary/aromatic N) is 3. The molecule has 1 N–H and O–H groups in total. The lowest BCUT2D eigenvalue weighted by atomic mass is 9.95. The topological polar surface area (TPSA) is 90.3 Å². The molecule has 4 rings (SSSR count). The average molecular weight is 423 g/mol. The maximum Gasteiger partial charge on any atom is 0.299 e. The van der Waals surface area contributed by atoms with E-state index in [4.69, 9.17) is 0 Å². The van der Waals surface area contributed by atoms with E-state index in [0.29, 0.717) is 5.57 Å². The van der Waals surface area contributed by atoms with Crippen LogP contribution < -0.4 is 0 Å². The fourth-order valence-electron chi connectivity index (χ4n) is 3.72. The van der Waals surface area contributed by atoms with E-state index in [-0.39, 0.29) is 6.42 Å². The number of hydrogen-bond acceptors (Lipinski definition) is 5. The lowest BCUT2D eigenvalue weighted by Crippen LogP contribution is -2.51. The molecule has 0 fully saturated rings. The molecule has 0 saturated carbocycles. The standard InChI is InChI=1S/C22H21N3O4S/c1-16-15-22(30(27,28)29,25-21(26)10-13-23-25)12-9-17(16)7-8-20-19-6-4-3-5-18(19)11-14-24(20)2/h3-9,11-15H,10H2,1-2H3,(H,27,28,29). The van der Waals surface area contributed by atoms with E-state index in [1.807, 2.05) is 60.6 Å². The van der Waals surface area contributed by atoms with E-state index >= 15 is 0 Å². The van der Waals surface area contributed by atoms with Gasteiger partial charge in [-0.1, -0.05) is 36.4 Å². The molecule has 7 nitrogen and oxygen atoms in total. The first-order valence-corrected chi connectivity index (χ1v) is 10.8. The second-order valence-corrected chi connectivity index (χ2v) is 8.89. The van der Waals surface area contributed by atoms with Crippen LogP contribution >= 0.6 is 0 Å². The molecule has 1 aromatic rings. The van der Waals surface area contributed by atoms with Crippen LogP contribution in [0.4, 0.5) is 0 Å². The number of carbonyl (C=O) groups is 1. The van der Waals surface area contributed by atoms with Gasteiger partial charge in [0.2, 0.25) is 10.8 Å². The molecule has 2 aliphatic heterocycles. The molecule has 8 heteroatoms. The van der Waals surface area contributed by atoms with Crippen molar-refractivity contribution in [3.05, 3.63) is 83.1 Å². The van der Waals surface area contributed by atoms with Crippen LogP contribution in [0, 0.1) is 0 Å². The lowest BCUT2D eigenvalue weighted by molar-refractivity contribution is -0.130. The zero-order valence-electron chi connectivity index (χ0n) is 16.6. The Hall–Kier alpha value is -3.23. The maximum atomic E-state index is 12.2. The van der Waals surface area contributed by atoms with E-state index in [1.54, 1.807) is 13.0 Å². The van der Waals surface area contributed by atoms with Crippen molar-refractivity contribution in [1.82, 2.24) is 9.91 Å². The molecule has 3 aliphatic rings. The second kappa shape index (κ2) is 7.23.